The summed E-state index contributed by atoms with van der Waals surface area (Å²) in [6, 6.07) is 19.7. The van der Waals surface area contributed by atoms with Crippen molar-refractivity contribution in [1.82, 2.24) is 5.32 Å². The normalized spacial score (nSPS) is 11.7. The number of rotatable bonds is 8. The molecule has 0 aliphatic carbocycles. The summed E-state index contributed by atoms with van der Waals surface area (Å²) in [6.07, 6.45) is 2.07. The Labute approximate surface area is 251 Å². The maximum atomic E-state index is 13.1. The summed E-state index contributed by atoms with van der Waals surface area (Å²) in [5.41, 5.74) is -0.202. The Morgan fingerprint density at radius 3 is 1.65 bits per heavy atom. The highest BCUT2D eigenvalue weighted by molar-refractivity contribution is 6.19. The standard InChI is InChI=1S/C34H37NO8/c1-33(2,3)42-29(36)27(30(37)43-34(4,5)6)19-23-17-18-24(26-16-12-11-15-25(23)26)20-28(31(38)40-7)35-32(39)41-21-22-13-9-8-10-14-22/h8-20H,21H2,1-7H3,(H,35,39)/b28-20-. The molecule has 3 aromatic rings. The van der Waals surface area contributed by atoms with Gasteiger partial charge in [0, 0.05) is 0 Å². The molecule has 9 heteroatoms. The zero-order chi connectivity index (χ0) is 31.8. The Morgan fingerprint density at radius 2 is 1.16 bits per heavy atom. The zero-order valence-corrected chi connectivity index (χ0v) is 25.5. The number of alkyl carbamates (subject to hydrolysis) is 1. The maximum absolute atomic E-state index is 13.1. The van der Waals surface area contributed by atoms with Gasteiger partial charge in [0.05, 0.1) is 7.11 Å². The number of esters is 3. The van der Waals surface area contributed by atoms with Crippen LogP contribution in [0.5, 0.6) is 0 Å². The van der Waals surface area contributed by atoms with Crippen LogP contribution in [-0.4, -0.2) is 42.3 Å². The van der Waals surface area contributed by atoms with Crippen molar-refractivity contribution in [2.24, 2.45) is 0 Å². The van der Waals surface area contributed by atoms with Crippen LogP contribution in [-0.2, 0) is 39.9 Å². The van der Waals surface area contributed by atoms with Crippen LogP contribution in [0.15, 0.2) is 78.0 Å². The number of benzene rings is 3. The van der Waals surface area contributed by atoms with E-state index >= 15 is 0 Å². The van der Waals surface area contributed by atoms with Crippen LogP contribution in [0, 0.1) is 0 Å². The van der Waals surface area contributed by atoms with Gasteiger partial charge in [0.15, 0.2) is 0 Å². The number of carbonyl (C=O) groups is 4. The average molecular weight is 588 g/mol. The molecule has 0 aromatic heterocycles. The lowest BCUT2D eigenvalue weighted by Crippen LogP contribution is -2.31. The Balaban J connectivity index is 2.03. The first-order valence-electron chi connectivity index (χ1n) is 13.6. The SMILES string of the molecule is COC(=O)/C(=C/c1ccc(C=C(C(=O)OC(C)(C)C)C(=O)OC(C)(C)C)c2ccccc12)NC(=O)OCc1ccccc1. The van der Waals surface area contributed by atoms with Gasteiger partial charge in [-0.1, -0.05) is 66.7 Å². The highest BCUT2D eigenvalue weighted by Crippen LogP contribution is 2.28. The molecule has 0 saturated heterocycles. The average Bonchev–Trinajstić information content (AvgIpc) is 2.93. The number of carbonyl (C=O) groups excluding carboxylic acids is 4. The summed E-state index contributed by atoms with van der Waals surface area (Å²) in [7, 11) is 1.20. The van der Waals surface area contributed by atoms with Crippen LogP contribution in [0.25, 0.3) is 22.9 Å². The molecule has 0 unspecified atom stereocenters. The van der Waals surface area contributed by atoms with E-state index in [0.29, 0.717) is 21.9 Å². The van der Waals surface area contributed by atoms with Gasteiger partial charge in [-0.15, -0.1) is 0 Å². The number of methoxy groups -OCH3 is 1. The van der Waals surface area contributed by atoms with E-state index in [1.54, 1.807) is 71.9 Å². The Bertz CT molecular complexity index is 1530. The molecule has 0 spiro atoms. The quantitative estimate of drug-likeness (QED) is 0.107. The van der Waals surface area contributed by atoms with Crippen LogP contribution < -0.4 is 5.32 Å². The second-order valence-corrected chi connectivity index (χ2v) is 11.6. The molecule has 0 atom stereocenters. The van der Waals surface area contributed by atoms with Crippen LogP contribution in [0.1, 0.15) is 58.2 Å². The molecule has 1 amide bonds. The van der Waals surface area contributed by atoms with Gasteiger partial charge >= 0.3 is 24.0 Å². The van der Waals surface area contributed by atoms with Gasteiger partial charge in [-0.05, 0) is 81.2 Å². The summed E-state index contributed by atoms with van der Waals surface area (Å²) in [5.74, 6) is -2.41. The topological polar surface area (TPSA) is 117 Å². The number of hydrogen-bond acceptors (Lipinski definition) is 8. The minimum absolute atomic E-state index is 0.0166. The second-order valence-electron chi connectivity index (χ2n) is 11.6. The number of nitrogens with one attached hydrogen (secondary N) is 1. The molecule has 9 nitrogen and oxygen atoms in total. The first kappa shape index (κ1) is 32.6. The molecule has 0 aliphatic rings. The number of hydrogen-bond donors (Lipinski definition) is 1. The largest absolute Gasteiger partial charge is 0.464 e. The fourth-order valence-corrected chi connectivity index (χ4v) is 3.90. The molecule has 3 rings (SSSR count). The summed E-state index contributed by atoms with van der Waals surface area (Å²) < 4.78 is 21.1. The fraction of sp³-hybridized carbons (Fsp3) is 0.294. The fourth-order valence-electron chi connectivity index (χ4n) is 3.90. The third-order valence-electron chi connectivity index (χ3n) is 5.68. The molecule has 0 bridgehead atoms. The molecule has 0 fully saturated rings. The summed E-state index contributed by atoms with van der Waals surface area (Å²) in [5, 5.41) is 3.80. The van der Waals surface area contributed by atoms with E-state index in [9.17, 15) is 19.2 Å². The molecule has 226 valence electrons. The van der Waals surface area contributed by atoms with Gasteiger partial charge in [-0.3, -0.25) is 5.32 Å². The molecular formula is C34H37NO8. The lowest BCUT2D eigenvalue weighted by molar-refractivity contribution is -0.158. The first-order chi connectivity index (χ1) is 20.2. The van der Waals surface area contributed by atoms with Crippen LogP contribution in [0.4, 0.5) is 4.79 Å². The third kappa shape index (κ3) is 9.85. The van der Waals surface area contributed by atoms with Crippen molar-refractivity contribution in [2.75, 3.05) is 7.11 Å². The molecule has 0 heterocycles. The predicted octanol–water partition coefficient (Wildman–Crippen LogP) is 6.35. The van der Waals surface area contributed by atoms with Crippen LogP contribution in [0.3, 0.4) is 0 Å². The van der Waals surface area contributed by atoms with Crippen molar-refractivity contribution < 1.29 is 38.1 Å². The summed E-state index contributed by atoms with van der Waals surface area (Å²) >= 11 is 0. The van der Waals surface area contributed by atoms with E-state index in [2.05, 4.69) is 5.32 Å². The number of ether oxygens (including phenoxy) is 4. The van der Waals surface area contributed by atoms with E-state index in [-0.39, 0.29) is 17.9 Å². The highest BCUT2D eigenvalue weighted by Gasteiger charge is 2.29. The van der Waals surface area contributed by atoms with Crippen LogP contribution >= 0.6 is 0 Å². The predicted molar refractivity (Wildman–Crippen MR) is 163 cm³/mol. The molecule has 1 N–H and O–H groups in total. The van der Waals surface area contributed by atoms with Crippen molar-refractivity contribution in [1.29, 1.82) is 0 Å². The monoisotopic (exact) mass is 587 g/mol. The van der Waals surface area contributed by atoms with Crippen molar-refractivity contribution in [3.8, 4) is 0 Å². The zero-order valence-electron chi connectivity index (χ0n) is 25.5. The minimum atomic E-state index is -0.839. The molecule has 0 saturated carbocycles. The number of fused-ring (bicyclic) bond motifs is 1. The molecular weight excluding hydrogens is 550 g/mol. The van der Waals surface area contributed by atoms with Crippen molar-refractivity contribution in [2.45, 2.75) is 59.4 Å². The molecule has 0 aliphatic heterocycles. The summed E-state index contributed by atoms with van der Waals surface area (Å²) in [4.78, 5) is 51.3. The second kappa shape index (κ2) is 13.8. The van der Waals surface area contributed by atoms with Gasteiger partial charge in [-0.2, -0.15) is 0 Å². The van der Waals surface area contributed by atoms with Gasteiger partial charge in [0.1, 0.15) is 29.1 Å². The number of amides is 1. The van der Waals surface area contributed by atoms with E-state index in [1.165, 1.54) is 19.3 Å². The van der Waals surface area contributed by atoms with Crippen molar-refractivity contribution in [3.63, 3.8) is 0 Å². The van der Waals surface area contributed by atoms with Gasteiger partial charge in [0.2, 0.25) is 0 Å². The minimum Gasteiger partial charge on any atom is -0.464 e. The molecule has 0 radical (unpaired) electrons. The van der Waals surface area contributed by atoms with E-state index in [0.717, 1.165) is 5.56 Å². The smallest absolute Gasteiger partial charge is 0.412 e. The maximum Gasteiger partial charge on any atom is 0.412 e. The van der Waals surface area contributed by atoms with E-state index in [1.807, 2.05) is 36.4 Å². The van der Waals surface area contributed by atoms with E-state index in [4.69, 9.17) is 18.9 Å². The lowest BCUT2D eigenvalue weighted by Gasteiger charge is -2.23. The van der Waals surface area contributed by atoms with Crippen LogP contribution in [0.2, 0.25) is 0 Å². The Kier molecular flexibility index (Phi) is 10.5. The van der Waals surface area contributed by atoms with Crippen molar-refractivity contribution in [3.05, 3.63) is 94.7 Å². The van der Waals surface area contributed by atoms with Gasteiger partial charge < -0.3 is 18.9 Å². The lowest BCUT2D eigenvalue weighted by atomic mass is 9.97. The van der Waals surface area contributed by atoms with Gasteiger partial charge in [-0.25, -0.2) is 19.2 Å². The Morgan fingerprint density at radius 1 is 0.674 bits per heavy atom. The first-order valence-corrected chi connectivity index (χ1v) is 13.6. The highest BCUT2D eigenvalue weighted by atomic mass is 16.6. The molecule has 3 aromatic carbocycles. The Hall–Kier alpha value is -4.92. The summed E-state index contributed by atoms with van der Waals surface area (Å²) in [6.45, 7) is 10.3. The third-order valence-corrected chi connectivity index (χ3v) is 5.68. The van der Waals surface area contributed by atoms with Crippen molar-refractivity contribution >= 4 is 46.9 Å². The molecule has 43 heavy (non-hydrogen) atoms. The van der Waals surface area contributed by atoms with E-state index < -0.39 is 35.2 Å². The van der Waals surface area contributed by atoms with Gasteiger partial charge in [0.25, 0.3) is 0 Å².